The van der Waals surface area contributed by atoms with Crippen LogP contribution >= 0.6 is 31.9 Å². The topological polar surface area (TPSA) is 29.5 Å². The van der Waals surface area contributed by atoms with Crippen molar-refractivity contribution in [1.82, 2.24) is 0 Å². The molecular weight excluding hydrogens is 326 g/mol. The Labute approximate surface area is 96.1 Å². The van der Waals surface area contributed by atoms with Gasteiger partial charge in [-0.05, 0) is 49.6 Å². The molecule has 0 radical (unpaired) electrons. The summed E-state index contributed by atoms with van der Waals surface area (Å²) in [5, 5.41) is 8.83. The number of hydrogen-bond acceptors (Lipinski definition) is 2. The summed E-state index contributed by atoms with van der Waals surface area (Å²) in [5.41, 5.74) is 0.602. The number of rotatable bonds is 3. The van der Waals surface area contributed by atoms with Crippen molar-refractivity contribution in [2.75, 3.05) is 0 Å². The van der Waals surface area contributed by atoms with Crippen molar-refractivity contribution in [1.29, 1.82) is 0 Å². The van der Waals surface area contributed by atoms with E-state index >= 15 is 0 Å². The largest absolute Gasteiger partial charge is 0.432 e. The van der Waals surface area contributed by atoms with Crippen LogP contribution in [0.15, 0.2) is 21.1 Å². The zero-order chi connectivity index (χ0) is 10.7. The first-order chi connectivity index (χ1) is 6.54. The Kier molecular flexibility index (Phi) is 4.28. The average Bonchev–Trinajstić information content (AvgIpc) is 2.10. The van der Waals surface area contributed by atoms with E-state index in [0.29, 0.717) is 14.5 Å². The normalized spacial score (nSPS) is 10.7. The molecule has 0 atom stereocenters. The van der Waals surface area contributed by atoms with E-state index in [1.54, 1.807) is 0 Å². The van der Waals surface area contributed by atoms with Crippen LogP contribution in [0, 0.1) is 0 Å². The summed E-state index contributed by atoms with van der Waals surface area (Å²) in [5.74, 6) is 0.0252. The van der Waals surface area contributed by atoms with E-state index in [2.05, 4.69) is 36.6 Å². The summed E-state index contributed by atoms with van der Waals surface area (Å²) in [6.07, 6.45) is 0. The molecule has 0 heterocycles. The first-order valence-corrected chi connectivity index (χ1v) is 5.16. The zero-order valence-electron chi connectivity index (χ0n) is 6.81. The molecule has 0 saturated heterocycles. The molecule has 78 valence electrons. The highest BCUT2D eigenvalue weighted by Gasteiger charge is 2.13. The van der Waals surface area contributed by atoms with E-state index in [4.69, 9.17) is 5.11 Å². The molecule has 0 aromatic heterocycles. The van der Waals surface area contributed by atoms with Gasteiger partial charge in [-0.2, -0.15) is 8.78 Å². The highest BCUT2D eigenvalue weighted by Crippen LogP contribution is 2.35. The van der Waals surface area contributed by atoms with Crippen LogP contribution in [0.3, 0.4) is 0 Å². The van der Waals surface area contributed by atoms with Crippen LogP contribution < -0.4 is 4.74 Å². The maximum Gasteiger partial charge on any atom is 0.387 e. The van der Waals surface area contributed by atoms with Crippen LogP contribution in [-0.2, 0) is 6.61 Å². The van der Waals surface area contributed by atoms with Crippen molar-refractivity contribution in [3.63, 3.8) is 0 Å². The van der Waals surface area contributed by atoms with Gasteiger partial charge in [0.05, 0.1) is 15.6 Å². The van der Waals surface area contributed by atoms with Gasteiger partial charge in [-0.15, -0.1) is 0 Å². The van der Waals surface area contributed by atoms with Gasteiger partial charge < -0.3 is 9.84 Å². The van der Waals surface area contributed by atoms with Crippen LogP contribution in [0.1, 0.15) is 5.56 Å². The summed E-state index contributed by atoms with van der Waals surface area (Å²) < 4.78 is 28.9. The number of aliphatic hydroxyl groups is 1. The van der Waals surface area contributed by atoms with Crippen LogP contribution in [-0.4, -0.2) is 11.7 Å². The van der Waals surface area contributed by atoms with Gasteiger partial charge in [0.2, 0.25) is 0 Å². The van der Waals surface area contributed by atoms with E-state index in [9.17, 15) is 8.78 Å². The number of ether oxygens (including phenoxy) is 1. The van der Waals surface area contributed by atoms with Gasteiger partial charge in [-0.3, -0.25) is 0 Å². The summed E-state index contributed by atoms with van der Waals surface area (Å²) in [4.78, 5) is 0. The summed E-state index contributed by atoms with van der Waals surface area (Å²) >= 11 is 6.14. The fourth-order valence-electron chi connectivity index (χ4n) is 0.905. The van der Waals surface area contributed by atoms with E-state index in [0.717, 1.165) is 0 Å². The molecule has 0 aliphatic rings. The van der Waals surface area contributed by atoms with Gasteiger partial charge in [0, 0.05) is 0 Å². The van der Waals surface area contributed by atoms with Crippen molar-refractivity contribution in [2.45, 2.75) is 13.2 Å². The predicted molar refractivity (Wildman–Crippen MR) is 54.4 cm³/mol. The number of halogens is 4. The fraction of sp³-hybridized carbons (Fsp3) is 0.250. The highest BCUT2D eigenvalue weighted by atomic mass is 79.9. The quantitative estimate of drug-likeness (QED) is 0.920. The zero-order valence-corrected chi connectivity index (χ0v) is 9.98. The van der Waals surface area contributed by atoms with Crippen LogP contribution in [0.5, 0.6) is 5.75 Å². The lowest BCUT2D eigenvalue weighted by Crippen LogP contribution is -2.03. The van der Waals surface area contributed by atoms with E-state index in [1.807, 2.05) is 0 Å². The Morgan fingerprint density at radius 3 is 2.14 bits per heavy atom. The molecule has 14 heavy (non-hydrogen) atoms. The van der Waals surface area contributed by atoms with Gasteiger partial charge >= 0.3 is 6.61 Å². The Bertz CT molecular complexity index is 308. The van der Waals surface area contributed by atoms with E-state index in [1.165, 1.54) is 12.1 Å². The van der Waals surface area contributed by atoms with Crippen molar-refractivity contribution in [2.24, 2.45) is 0 Å². The average molecular weight is 332 g/mol. The molecule has 0 unspecified atom stereocenters. The predicted octanol–water partition coefficient (Wildman–Crippen LogP) is 3.31. The Morgan fingerprint density at radius 1 is 1.29 bits per heavy atom. The number of aliphatic hydroxyl groups excluding tert-OH is 1. The molecule has 2 nitrogen and oxygen atoms in total. The van der Waals surface area contributed by atoms with E-state index < -0.39 is 6.61 Å². The van der Waals surface area contributed by atoms with Gasteiger partial charge in [0.25, 0.3) is 0 Å². The molecule has 0 spiro atoms. The third-order valence-corrected chi connectivity index (χ3v) is 2.63. The van der Waals surface area contributed by atoms with Crippen LogP contribution in [0.4, 0.5) is 8.78 Å². The molecule has 6 heteroatoms. The molecule has 1 N–H and O–H groups in total. The SMILES string of the molecule is OCc1cc(Br)c(OC(F)F)c(Br)c1. The van der Waals surface area contributed by atoms with Crippen LogP contribution in [0.25, 0.3) is 0 Å². The molecule has 0 aliphatic heterocycles. The van der Waals surface area contributed by atoms with Gasteiger partial charge in [0.15, 0.2) is 5.75 Å². The fourth-order valence-corrected chi connectivity index (χ4v) is 2.37. The third-order valence-electron chi connectivity index (χ3n) is 1.45. The monoisotopic (exact) mass is 330 g/mol. The second kappa shape index (κ2) is 5.04. The molecule has 0 saturated carbocycles. The summed E-state index contributed by atoms with van der Waals surface area (Å²) in [6, 6.07) is 3.03. The lowest BCUT2D eigenvalue weighted by Gasteiger charge is -2.10. The maximum absolute atomic E-state index is 11.9. The van der Waals surface area contributed by atoms with Crippen molar-refractivity contribution >= 4 is 31.9 Å². The van der Waals surface area contributed by atoms with Gasteiger partial charge in [-0.25, -0.2) is 0 Å². The lowest BCUT2D eigenvalue weighted by atomic mass is 10.2. The number of hydrogen-bond donors (Lipinski definition) is 1. The number of alkyl halides is 2. The molecule has 1 aromatic rings. The van der Waals surface area contributed by atoms with Gasteiger partial charge in [-0.1, -0.05) is 0 Å². The number of benzene rings is 1. The Balaban J connectivity index is 3.05. The Hall–Kier alpha value is -0.200. The molecular formula is C8H6Br2F2O2. The Morgan fingerprint density at radius 2 is 1.79 bits per heavy atom. The highest BCUT2D eigenvalue weighted by molar-refractivity contribution is 9.11. The second-order valence-corrected chi connectivity index (χ2v) is 4.13. The molecule has 0 bridgehead atoms. The van der Waals surface area contributed by atoms with Gasteiger partial charge in [0.1, 0.15) is 0 Å². The smallest absolute Gasteiger partial charge is 0.387 e. The molecule has 0 aliphatic carbocycles. The second-order valence-electron chi connectivity index (χ2n) is 2.43. The van der Waals surface area contributed by atoms with Crippen LogP contribution in [0.2, 0.25) is 0 Å². The summed E-state index contributed by atoms with van der Waals surface area (Å²) in [6.45, 7) is -3.03. The minimum Gasteiger partial charge on any atom is -0.432 e. The third kappa shape index (κ3) is 2.90. The minimum atomic E-state index is -2.87. The first-order valence-electron chi connectivity index (χ1n) is 3.58. The standard InChI is InChI=1S/C8H6Br2F2O2/c9-5-1-4(3-13)2-6(10)7(5)14-8(11)12/h1-2,8,13H,3H2. The van der Waals surface area contributed by atoms with Crippen molar-refractivity contribution < 1.29 is 18.6 Å². The summed E-state index contributed by atoms with van der Waals surface area (Å²) in [7, 11) is 0. The molecule has 0 amide bonds. The molecule has 1 rings (SSSR count). The molecule has 1 aromatic carbocycles. The minimum absolute atomic E-state index is 0.0252. The first kappa shape index (κ1) is 11.9. The molecule has 0 fully saturated rings. The van der Waals surface area contributed by atoms with E-state index in [-0.39, 0.29) is 12.4 Å². The van der Waals surface area contributed by atoms with Crippen molar-refractivity contribution in [3.8, 4) is 5.75 Å². The maximum atomic E-state index is 11.9. The van der Waals surface area contributed by atoms with Crippen molar-refractivity contribution in [3.05, 3.63) is 26.6 Å². The lowest BCUT2D eigenvalue weighted by molar-refractivity contribution is -0.0508.